The van der Waals surface area contributed by atoms with Gasteiger partial charge in [0.15, 0.2) is 0 Å². The summed E-state index contributed by atoms with van der Waals surface area (Å²) >= 11 is 0. The van der Waals surface area contributed by atoms with E-state index in [1.807, 2.05) is 7.05 Å². The summed E-state index contributed by atoms with van der Waals surface area (Å²) in [5, 5.41) is 3.29. The summed E-state index contributed by atoms with van der Waals surface area (Å²) in [6, 6.07) is 6.61. The number of nitrogens with one attached hydrogen (secondary N) is 2. The third kappa shape index (κ3) is 2.98. The van der Waals surface area contributed by atoms with Gasteiger partial charge in [0.2, 0.25) is 0 Å². The van der Waals surface area contributed by atoms with Gasteiger partial charge in [0.05, 0.1) is 11.0 Å². The van der Waals surface area contributed by atoms with Crippen LogP contribution in [0.5, 0.6) is 0 Å². The molecular weight excluding hydrogens is 234 g/mol. The minimum Gasteiger partial charge on any atom is -0.342 e. The van der Waals surface area contributed by atoms with Crippen molar-refractivity contribution in [3.05, 3.63) is 29.6 Å². The Hall–Kier alpha value is -1.35. The van der Waals surface area contributed by atoms with Crippen LogP contribution in [-0.4, -0.2) is 23.6 Å². The van der Waals surface area contributed by atoms with Gasteiger partial charge in [0.1, 0.15) is 5.82 Å². The van der Waals surface area contributed by atoms with Crippen LogP contribution in [0, 0.1) is 5.92 Å². The zero-order valence-corrected chi connectivity index (χ0v) is 12.6. The molecule has 0 saturated carbocycles. The third-order valence-corrected chi connectivity index (χ3v) is 3.73. The molecule has 1 aromatic carbocycles. The molecule has 0 amide bonds. The van der Waals surface area contributed by atoms with Gasteiger partial charge in [-0.05, 0) is 36.6 Å². The lowest BCUT2D eigenvalue weighted by atomic mass is 9.88. The average Bonchev–Trinajstić information content (AvgIpc) is 2.78. The fourth-order valence-corrected chi connectivity index (χ4v) is 2.51. The molecule has 1 atom stereocenters. The van der Waals surface area contributed by atoms with Crippen molar-refractivity contribution < 1.29 is 0 Å². The van der Waals surface area contributed by atoms with Crippen LogP contribution in [0.1, 0.15) is 50.9 Å². The van der Waals surface area contributed by atoms with Crippen LogP contribution in [0.3, 0.4) is 0 Å². The number of H-pyrrole nitrogens is 1. The Bertz CT molecular complexity index is 540. The van der Waals surface area contributed by atoms with Gasteiger partial charge < -0.3 is 10.3 Å². The third-order valence-electron chi connectivity index (χ3n) is 3.73. The van der Waals surface area contributed by atoms with Gasteiger partial charge in [-0.1, -0.05) is 33.8 Å². The van der Waals surface area contributed by atoms with Crippen LogP contribution >= 0.6 is 0 Å². The number of imidazole rings is 1. The second-order valence-corrected chi connectivity index (χ2v) is 5.96. The van der Waals surface area contributed by atoms with Crippen LogP contribution < -0.4 is 5.32 Å². The average molecular weight is 259 g/mol. The lowest BCUT2D eigenvalue weighted by Gasteiger charge is -2.21. The van der Waals surface area contributed by atoms with Crippen LogP contribution in [0.25, 0.3) is 11.0 Å². The fourth-order valence-electron chi connectivity index (χ4n) is 2.51. The number of rotatable bonds is 5. The Morgan fingerprint density at radius 2 is 1.95 bits per heavy atom. The first-order valence-electron chi connectivity index (χ1n) is 7.17. The molecule has 19 heavy (non-hydrogen) atoms. The zero-order chi connectivity index (χ0) is 14.0. The van der Waals surface area contributed by atoms with Gasteiger partial charge in [-0.25, -0.2) is 4.98 Å². The van der Waals surface area contributed by atoms with E-state index in [2.05, 4.69) is 61.2 Å². The van der Waals surface area contributed by atoms with E-state index in [0.29, 0.717) is 17.8 Å². The van der Waals surface area contributed by atoms with Crippen LogP contribution in [0.15, 0.2) is 18.2 Å². The van der Waals surface area contributed by atoms with Gasteiger partial charge in [-0.15, -0.1) is 0 Å². The molecule has 2 rings (SSSR count). The van der Waals surface area contributed by atoms with Crippen molar-refractivity contribution in [3.63, 3.8) is 0 Å². The van der Waals surface area contributed by atoms with Gasteiger partial charge in [-0.2, -0.15) is 0 Å². The predicted molar refractivity (Wildman–Crippen MR) is 81.7 cm³/mol. The Kier molecular flexibility index (Phi) is 4.25. The molecule has 0 radical (unpaired) electrons. The SMILES string of the molecule is CNCC(c1ccc2nc(C(C)C)[nH]c2c1)C(C)C. The maximum atomic E-state index is 4.63. The van der Waals surface area contributed by atoms with Crippen molar-refractivity contribution in [2.45, 2.75) is 39.5 Å². The quantitative estimate of drug-likeness (QED) is 0.860. The number of hydrogen-bond acceptors (Lipinski definition) is 2. The topological polar surface area (TPSA) is 40.7 Å². The van der Waals surface area contributed by atoms with Crippen molar-refractivity contribution in [2.75, 3.05) is 13.6 Å². The molecule has 1 aromatic heterocycles. The number of hydrogen-bond donors (Lipinski definition) is 2. The molecule has 0 aliphatic heterocycles. The van der Waals surface area contributed by atoms with Crippen molar-refractivity contribution in [2.24, 2.45) is 5.92 Å². The Labute approximate surface area is 115 Å². The second kappa shape index (κ2) is 5.74. The predicted octanol–water partition coefficient (Wildman–Crippen LogP) is 3.65. The smallest absolute Gasteiger partial charge is 0.109 e. The first-order chi connectivity index (χ1) is 9.02. The number of likely N-dealkylation sites (N-methyl/N-ethyl adjacent to an activating group) is 1. The first kappa shape index (κ1) is 14.1. The summed E-state index contributed by atoms with van der Waals surface area (Å²) in [6.45, 7) is 9.89. The summed E-state index contributed by atoms with van der Waals surface area (Å²) in [7, 11) is 2.01. The maximum absolute atomic E-state index is 4.63. The number of aromatic nitrogens is 2. The van der Waals surface area contributed by atoms with E-state index >= 15 is 0 Å². The number of fused-ring (bicyclic) bond motifs is 1. The lowest BCUT2D eigenvalue weighted by molar-refractivity contribution is 0.478. The minimum absolute atomic E-state index is 0.439. The molecule has 1 heterocycles. The van der Waals surface area contributed by atoms with E-state index in [9.17, 15) is 0 Å². The molecule has 2 aromatic rings. The van der Waals surface area contributed by atoms with E-state index in [1.54, 1.807) is 0 Å². The molecule has 0 fully saturated rings. The molecule has 1 unspecified atom stereocenters. The number of aromatic amines is 1. The molecule has 3 heteroatoms. The number of nitrogens with zero attached hydrogens (tertiary/aromatic N) is 1. The molecule has 0 aliphatic rings. The van der Waals surface area contributed by atoms with Crippen LogP contribution in [0.2, 0.25) is 0 Å². The molecule has 2 N–H and O–H groups in total. The van der Waals surface area contributed by atoms with Crippen LogP contribution in [-0.2, 0) is 0 Å². The van der Waals surface area contributed by atoms with Gasteiger partial charge >= 0.3 is 0 Å². The maximum Gasteiger partial charge on any atom is 0.109 e. The second-order valence-electron chi connectivity index (χ2n) is 5.96. The molecule has 0 bridgehead atoms. The zero-order valence-electron chi connectivity index (χ0n) is 12.6. The monoisotopic (exact) mass is 259 g/mol. The summed E-state index contributed by atoms with van der Waals surface area (Å²) in [6.07, 6.45) is 0. The van der Waals surface area contributed by atoms with E-state index in [4.69, 9.17) is 0 Å². The highest BCUT2D eigenvalue weighted by Crippen LogP contribution is 2.27. The Morgan fingerprint density at radius 1 is 1.21 bits per heavy atom. The molecule has 3 nitrogen and oxygen atoms in total. The van der Waals surface area contributed by atoms with Crippen molar-refractivity contribution >= 4 is 11.0 Å². The molecular formula is C16H25N3. The standard InChI is InChI=1S/C16H25N3/c1-10(2)13(9-17-5)12-6-7-14-15(8-12)19-16(18-14)11(3)4/h6-8,10-11,13,17H,9H2,1-5H3,(H,18,19). The van der Waals surface area contributed by atoms with Crippen molar-refractivity contribution in [1.29, 1.82) is 0 Å². The van der Waals surface area contributed by atoms with E-state index in [-0.39, 0.29) is 0 Å². The fraction of sp³-hybridized carbons (Fsp3) is 0.562. The molecule has 104 valence electrons. The summed E-state index contributed by atoms with van der Waals surface area (Å²) < 4.78 is 0. The number of benzene rings is 1. The largest absolute Gasteiger partial charge is 0.342 e. The Morgan fingerprint density at radius 3 is 2.53 bits per heavy atom. The van der Waals surface area contributed by atoms with Crippen LogP contribution in [0.4, 0.5) is 0 Å². The van der Waals surface area contributed by atoms with Gasteiger partial charge in [0, 0.05) is 12.5 Å². The van der Waals surface area contributed by atoms with Crippen molar-refractivity contribution in [1.82, 2.24) is 15.3 Å². The molecule has 0 spiro atoms. The first-order valence-corrected chi connectivity index (χ1v) is 7.17. The lowest BCUT2D eigenvalue weighted by Crippen LogP contribution is -2.21. The van der Waals surface area contributed by atoms with E-state index in [0.717, 1.165) is 23.4 Å². The molecule has 0 aliphatic carbocycles. The summed E-state index contributed by atoms with van der Waals surface area (Å²) in [5.74, 6) is 2.67. The summed E-state index contributed by atoms with van der Waals surface area (Å²) in [5.41, 5.74) is 3.61. The Balaban J connectivity index is 2.39. The highest BCUT2D eigenvalue weighted by Gasteiger charge is 2.16. The van der Waals surface area contributed by atoms with Gasteiger partial charge in [0.25, 0.3) is 0 Å². The highest BCUT2D eigenvalue weighted by molar-refractivity contribution is 5.76. The minimum atomic E-state index is 0.439. The van der Waals surface area contributed by atoms with E-state index in [1.165, 1.54) is 5.56 Å². The summed E-state index contributed by atoms with van der Waals surface area (Å²) in [4.78, 5) is 8.07. The normalized spacial score (nSPS) is 13.6. The van der Waals surface area contributed by atoms with Gasteiger partial charge in [-0.3, -0.25) is 0 Å². The van der Waals surface area contributed by atoms with Crippen molar-refractivity contribution in [3.8, 4) is 0 Å². The molecule has 0 saturated heterocycles. The highest BCUT2D eigenvalue weighted by atomic mass is 14.9. The van der Waals surface area contributed by atoms with E-state index < -0.39 is 0 Å².